The molecule has 0 spiro atoms. The highest BCUT2D eigenvalue weighted by Gasteiger charge is 2.62. The number of hydrogen-bond acceptors (Lipinski definition) is 7. The average Bonchev–Trinajstić information content (AvgIpc) is 3.35. The number of hydrogen-bond donors (Lipinski definition) is 0. The van der Waals surface area contributed by atoms with E-state index < -0.39 is 23.3 Å². The van der Waals surface area contributed by atoms with Crippen molar-refractivity contribution < 1.29 is 26.7 Å². The van der Waals surface area contributed by atoms with E-state index >= 15 is 0 Å². The Kier molecular flexibility index (Phi) is 4.17. The van der Waals surface area contributed by atoms with Crippen LogP contribution in [0.15, 0.2) is 39.6 Å². The Labute approximate surface area is 149 Å². The van der Waals surface area contributed by atoms with Crippen molar-refractivity contribution in [2.24, 2.45) is 0 Å². The van der Waals surface area contributed by atoms with E-state index in [0.29, 0.717) is 11.3 Å². The minimum atomic E-state index is -4.59. The van der Waals surface area contributed by atoms with Crippen molar-refractivity contribution in [3.8, 4) is 11.4 Å². The number of likely N-dealkylation sites (tertiary alicyclic amines) is 1. The van der Waals surface area contributed by atoms with Gasteiger partial charge in [-0.3, -0.25) is 4.90 Å². The third kappa shape index (κ3) is 3.18. The van der Waals surface area contributed by atoms with E-state index in [0.717, 1.165) is 0 Å². The van der Waals surface area contributed by atoms with Gasteiger partial charge >= 0.3 is 6.18 Å². The molecule has 7 nitrogen and oxygen atoms in total. The number of alkyl halides is 3. The summed E-state index contributed by atoms with van der Waals surface area (Å²) in [6, 6.07) is 5.10. The van der Waals surface area contributed by atoms with Crippen molar-refractivity contribution in [2.45, 2.75) is 24.6 Å². The molecule has 0 amide bonds. The topological polar surface area (TPSA) is 81.1 Å². The van der Waals surface area contributed by atoms with Crippen molar-refractivity contribution in [1.29, 1.82) is 0 Å². The summed E-state index contributed by atoms with van der Waals surface area (Å²) in [5.74, 6) is -0.995. The van der Waals surface area contributed by atoms with Gasteiger partial charge in [0.1, 0.15) is 11.5 Å². The summed E-state index contributed by atoms with van der Waals surface area (Å²) in [7, 11) is 0. The molecule has 1 atom stereocenters. The second-order valence-corrected chi connectivity index (χ2v) is 6.37. The first-order valence-corrected chi connectivity index (χ1v) is 8.03. The fourth-order valence-electron chi connectivity index (χ4n) is 3.17. The fourth-order valence-corrected chi connectivity index (χ4v) is 3.17. The van der Waals surface area contributed by atoms with Crippen LogP contribution in [0.5, 0.6) is 0 Å². The van der Waals surface area contributed by atoms with Gasteiger partial charge in [-0.25, -0.2) is 9.02 Å². The number of halogens is 4. The molecule has 0 aliphatic carbocycles. The zero-order chi connectivity index (χ0) is 19.1. The van der Waals surface area contributed by atoms with Crippen LogP contribution in [0.2, 0.25) is 0 Å². The first-order chi connectivity index (χ1) is 12.9. The molecule has 1 aliphatic rings. The van der Waals surface area contributed by atoms with Crippen molar-refractivity contribution in [2.75, 3.05) is 13.1 Å². The molecule has 1 saturated heterocycles. The first-order valence-electron chi connectivity index (χ1n) is 8.03. The summed E-state index contributed by atoms with van der Waals surface area (Å²) in [6.45, 7) is -0.0185. The molecule has 1 aliphatic heterocycles. The number of benzene rings is 1. The second kappa shape index (κ2) is 6.41. The molecule has 2 aromatic heterocycles. The predicted molar refractivity (Wildman–Crippen MR) is 81.6 cm³/mol. The van der Waals surface area contributed by atoms with Crippen molar-refractivity contribution in [1.82, 2.24) is 25.4 Å². The molecule has 0 N–H and O–H groups in total. The molecule has 0 saturated carbocycles. The van der Waals surface area contributed by atoms with Crippen LogP contribution in [-0.4, -0.2) is 44.6 Å². The van der Waals surface area contributed by atoms with Crippen LogP contribution >= 0.6 is 0 Å². The summed E-state index contributed by atoms with van der Waals surface area (Å²) >= 11 is 0. The Morgan fingerprint density at radius 3 is 2.59 bits per heavy atom. The quantitative estimate of drug-likeness (QED) is 0.641. The van der Waals surface area contributed by atoms with Crippen LogP contribution in [0.25, 0.3) is 11.4 Å². The minimum absolute atomic E-state index is 0.0206. The first kappa shape index (κ1) is 17.6. The maximum Gasteiger partial charge on any atom is 0.404 e. The van der Waals surface area contributed by atoms with Crippen molar-refractivity contribution in [3.05, 3.63) is 47.9 Å². The molecule has 1 aromatic carbocycles. The lowest BCUT2D eigenvalue weighted by Crippen LogP contribution is -2.45. The van der Waals surface area contributed by atoms with E-state index in [1.807, 2.05) is 0 Å². The van der Waals surface area contributed by atoms with Gasteiger partial charge in [-0.05, 0) is 30.7 Å². The van der Waals surface area contributed by atoms with Gasteiger partial charge in [0, 0.05) is 25.2 Å². The number of aromatic nitrogens is 4. The van der Waals surface area contributed by atoms with Crippen molar-refractivity contribution in [3.63, 3.8) is 0 Å². The summed E-state index contributed by atoms with van der Waals surface area (Å²) < 4.78 is 64.4. The smallest absolute Gasteiger partial charge is 0.338 e. The molecular weight excluding hydrogens is 370 g/mol. The zero-order valence-electron chi connectivity index (χ0n) is 13.8. The van der Waals surface area contributed by atoms with Gasteiger partial charge in [-0.2, -0.15) is 18.2 Å². The molecule has 11 heteroatoms. The summed E-state index contributed by atoms with van der Waals surface area (Å²) in [6.07, 6.45) is -3.46. The van der Waals surface area contributed by atoms with E-state index in [1.165, 1.54) is 30.5 Å². The molecule has 0 bridgehead atoms. The van der Waals surface area contributed by atoms with Crippen molar-refractivity contribution >= 4 is 0 Å². The lowest BCUT2D eigenvalue weighted by atomic mass is 9.86. The molecule has 3 aromatic rings. The summed E-state index contributed by atoms with van der Waals surface area (Å²) in [4.78, 5) is 5.55. The summed E-state index contributed by atoms with van der Waals surface area (Å²) in [5.41, 5.74) is -1.48. The largest absolute Gasteiger partial charge is 0.404 e. The van der Waals surface area contributed by atoms with Crippen LogP contribution in [0.3, 0.4) is 0 Å². The molecule has 0 radical (unpaired) electrons. The molecule has 3 heterocycles. The average molecular weight is 383 g/mol. The molecular formula is C16H13F4N5O2. The van der Waals surface area contributed by atoms with Gasteiger partial charge in [-0.1, -0.05) is 15.5 Å². The Balaban J connectivity index is 1.63. The normalized spacial score (nSPS) is 21.0. The number of rotatable bonds is 4. The van der Waals surface area contributed by atoms with Gasteiger partial charge in [0.05, 0.1) is 6.20 Å². The maximum atomic E-state index is 14.0. The lowest BCUT2D eigenvalue weighted by molar-refractivity contribution is -0.193. The zero-order valence-corrected chi connectivity index (χ0v) is 13.8. The Morgan fingerprint density at radius 2 is 1.93 bits per heavy atom. The monoisotopic (exact) mass is 383 g/mol. The van der Waals surface area contributed by atoms with E-state index in [2.05, 4.69) is 25.1 Å². The Hall–Kier alpha value is -2.82. The molecule has 27 heavy (non-hydrogen) atoms. The van der Waals surface area contributed by atoms with Gasteiger partial charge in [0.25, 0.3) is 0 Å². The van der Waals surface area contributed by atoms with Gasteiger partial charge in [-0.15, -0.1) is 0 Å². The van der Waals surface area contributed by atoms with Crippen LogP contribution in [0.1, 0.15) is 18.0 Å². The van der Waals surface area contributed by atoms with Gasteiger partial charge in [0.2, 0.25) is 11.7 Å². The van der Waals surface area contributed by atoms with Gasteiger partial charge in [0.15, 0.2) is 5.41 Å². The lowest BCUT2D eigenvalue weighted by Gasteiger charge is -2.27. The third-order valence-corrected chi connectivity index (χ3v) is 4.62. The minimum Gasteiger partial charge on any atom is -0.338 e. The van der Waals surface area contributed by atoms with Crippen LogP contribution < -0.4 is 0 Å². The third-order valence-electron chi connectivity index (χ3n) is 4.62. The van der Waals surface area contributed by atoms with E-state index in [9.17, 15) is 17.6 Å². The molecule has 4 rings (SSSR count). The van der Waals surface area contributed by atoms with E-state index in [1.54, 1.807) is 4.90 Å². The fraction of sp³-hybridized carbons (Fsp3) is 0.375. The van der Waals surface area contributed by atoms with Crippen LogP contribution in [-0.2, 0) is 12.0 Å². The SMILES string of the molecule is Fc1ccc(-c2noc(C3(C(F)(F)F)CCN(Cc4cnon4)C3)n2)cc1. The predicted octanol–water partition coefficient (Wildman–Crippen LogP) is 2.96. The highest BCUT2D eigenvalue weighted by Crippen LogP contribution is 2.47. The highest BCUT2D eigenvalue weighted by molar-refractivity contribution is 5.54. The second-order valence-electron chi connectivity index (χ2n) is 6.37. The Morgan fingerprint density at radius 1 is 1.15 bits per heavy atom. The van der Waals surface area contributed by atoms with Crippen LogP contribution in [0, 0.1) is 5.82 Å². The molecule has 1 unspecified atom stereocenters. The molecule has 1 fully saturated rings. The summed E-state index contributed by atoms with van der Waals surface area (Å²) in [5, 5.41) is 10.7. The highest BCUT2D eigenvalue weighted by atomic mass is 19.4. The van der Waals surface area contributed by atoms with E-state index in [-0.39, 0.29) is 31.9 Å². The van der Waals surface area contributed by atoms with E-state index in [4.69, 9.17) is 4.52 Å². The standard InChI is InChI=1S/C16H13F4N5O2/c17-11-3-1-10(2-4-11)13-22-14(26-24-13)15(16(18,19)20)5-6-25(9-15)8-12-7-21-27-23-12/h1-4,7H,5-6,8-9H2. The maximum absolute atomic E-state index is 14.0. The Bertz CT molecular complexity index is 910. The van der Waals surface area contributed by atoms with Gasteiger partial charge < -0.3 is 4.52 Å². The molecule has 142 valence electrons. The van der Waals surface area contributed by atoms with Crippen LogP contribution in [0.4, 0.5) is 17.6 Å². The number of nitrogens with zero attached hydrogens (tertiary/aromatic N) is 5.